The normalized spacial score (nSPS) is 12.7. The summed E-state index contributed by atoms with van der Waals surface area (Å²) in [6, 6.07) is 4.33. The molecular formula is C17H22OS. The zero-order valence-corrected chi connectivity index (χ0v) is 13.2. The molecule has 1 aromatic heterocycles. The molecule has 0 aliphatic rings. The lowest BCUT2D eigenvalue weighted by atomic mass is 9.89. The first-order valence-electron chi connectivity index (χ1n) is 6.79. The molecule has 0 amide bonds. The number of aryl methyl sites for hydroxylation is 3. The van der Waals surface area contributed by atoms with Gasteiger partial charge in [0.2, 0.25) is 0 Å². The summed E-state index contributed by atoms with van der Waals surface area (Å²) in [5.74, 6) is 0. The van der Waals surface area contributed by atoms with Crippen LogP contribution in [0, 0.1) is 27.7 Å². The van der Waals surface area contributed by atoms with Gasteiger partial charge in [-0.05, 0) is 78.9 Å². The van der Waals surface area contributed by atoms with E-state index < -0.39 is 6.10 Å². The number of aliphatic hydroxyl groups excluding tert-OH is 1. The van der Waals surface area contributed by atoms with E-state index in [0.717, 1.165) is 16.9 Å². The minimum atomic E-state index is -0.492. The number of benzene rings is 1. The molecule has 0 saturated carbocycles. The van der Waals surface area contributed by atoms with Gasteiger partial charge in [-0.25, -0.2) is 0 Å². The molecular weight excluding hydrogens is 252 g/mol. The van der Waals surface area contributed by atoms with Crippen LogP contribution in [0.25, 0.3) is 0 Å². The van der Waals surface area contributed by atoms with Crippen molar-refractivity contribution in [3.63, 3.8) is 0 Å². The first-order valence-corrected chi connectivity index (χ1v) is 7.67. The molecule has 0 bridgehead atoms. The van der Waals surface area contributed by atoms with Crippen LogP contribution in [0.4, 0.5) is 0 Å². The molecule has 0 aliphatic heterocycles. The van der Waals surface area contributed by atoms with Crippen molar-refractivity contribution in [3.8, 4) is 0 Å². The molecule has 1 N–H and O–H groups in total. The van der Waals surface area contributed by atoms with Crippen molar-refractivity contribution < 1.29 is 5.11 Å². The molecule has 1 atom stereocenters. The molecule has 0 radical (unpaired) electrons. The maximum absolute atomic E-state index is 10.8. The highest BCUT2D eigenvalue weighted by molar-refractivity contribution is 7.10. The third kappa shape index (κ3) is 2.47. The van der Waals surface area contributed by atoms with E-state index in [1.54, 1.807) is 11.3 Å². The van der Waals surface area contributed by atoms with E-state index in [9.17, 15) is 5.11 Å². The Morgan fingerprint density at radius 1 is 1.11 bits per heavy atom. The van der Waals surface area contributed by atoms with Gasteiger partial charge in [0, 0.05) is 4.88 Å². The molecule has 19 heavy (non-hydrogen) atoms. The van der Waals surface area contributed by atoms with E-state index in [0.29, 0.717) is 0 Å². The lowest BCUT2D eigenvalue weighted by Gasteiger charge is -2.20. The summed E-state index contributed by atoms with van der Waals surface area (Å²) in [4.78, 5) is 1.10. The van der Waals surface area contributed by atoms with Crippen LogP contribution in [0.5, 0.6) is 0 Å². The summed E-state index contributed by atoms with van der Waals surface area (Å²) in [5.41, 5.74) is 7.29. The van der Waals surface area contributed by atoms with Crippen LogP contribution < -0.4 is 0 Å². The minimum Gasteiger partial charge on any atom is -0.383 e. The standard InChI is InChI=1S/C17H22OS/c1-6-14-7-8-19-17(14)16(18)15-12(4)10(2)9-11(3)13(15)5/h7-9,16,18H,6H2,1-5H3. The number of aliphatic hydroxyl groups is 1. The Morgan fingerprint density at radius 3 is 2.21 bits per heavy atom. The predicted molar refractivity (Wildman–Crippen MR) is 83.1 cm³/mol. The van der Waals surface area contributed by atoms with Gasteiger partial charge in [0.05, 0.1) is 0 Å². The molecule has 0 spiro atoms. The smallest absolute Gasteiger partial charge is 0.114 e. The molecule has 2 rings (SSSR count). The number of hydrogen-bond donors (Lipinski definition) is 1. The van der Waals surface area contributed by atoms with Gasteiger partial charge in [-0.15, -0.1) is 11.3 Å². The maximum Gasteiger partial charge on any atom is 0.114 e. The lowest BCUT2D eigenvalue weighted by Crippen LogP contribution is -2.07. The zero-order valence-electron chi connectivity index (χ0n) is 12.4. The summed E-state index contributed by atoms with van der Waals surface area (Å²) in [7, 11) is 0. The fraction of sp³-hybridized carbons (Fsp3) is 0.412. The van der Waals surface area contributed by atoms with E-state index in [2.05, 4.69) is 52.1 Å². The molecule has 1 heterocycles. The second-order valence-corrected chi connectivity index (χ2v) is 6.19. The molecule has 0 fully saturated rings. The van der Waals surface area contributed by atoms with E-state index in [1.807, 2.05) is 0 Å². The molecule has 1 nitrogen and oxygen atoms in total. The Balaban J connectivity index is 2.59. The van der Waals surface area contributed by atoms with Crippen molar-refractivity contribution in [2.24, 2.45) is 0 Å². The Labute approximate surface area is 119 Å². The second-order valence-electron chi connectivity index (χ2n) is 5.24. The minimum absolute atomic E-state index is 0.492. The molecule has 1 unspecified atom stereocenters. The van der Waals surface area contributed by atoms with Crippen LogP contribution in [0.15, 0.2) is 17.5 Å². The third-order valence-electron chi connectivity index (χ3n) is 4.11. The van der Waals surface area contributed by atoms with Crippen LogP contribution in [-0.2, 0) is 6.42 Å². The number of rotatable bonds is 3. The number of thiophene rings is 1. The van der Waals surface area contributed by atoms with Gasteiger partial charge in [0.1, 0.15) is 6.10 Å². The van der Waals surface area contributed by atoms with Gasteiger partial charge in [-0.1, -0.05) is 13.0 Å². The van der Waals surface area contributed by atoms with E-state index in [1.165, 1.54) is 27.8 Å². The molecule has 0 saturated heterocycles. The third-order valence-corrected chi connectivity index (χ3v) is 5.12. The van der Waals surface area contributed by atoms with E-state index in [4.69, 9.17) is 0 Å². The highest BCUT2D eigenvalue weighted by Crippen LogP contribution is 2.35. The van der Waals surface area contributed by atoms with E-state index >= 15 is 0 Å². The monoisotopic (exact) mass is 274 g/mol. The van der Waals surface area contributed by atoms with Gasteiger partial charge in [-0.2, -0.15) is 0 Å². The Bertz CT molecular complexity index is 569. The van der Waals surface area contributed by atoms with Gasteiger partial charge >= 0.3 is 0 Å². The van der Waals surface area contributed by atoms with Gasteiger partial charge < -0.3 is 5.11 Å². The summed E-state index contributed by atoms with van der Waals surface area (Å²) in [6.07, 6.45) is 0.479. The van der Waals surface area contributed by atoms with Crippen molar-refractivity contribution in [1.82, 2.24) is 0 Å². The summed E-state index contributed by atoms with van der Waals surface area (Å²) >= 11 is 1.66. The number of hydrogen-bond acceptors (Lipinski definition) is 2. The first-order chi connectivity index (χ1) is 8.97. The average molecular weight is 274 g/mol. The van der Waals surface area contributed by atoms with Crippen LogP contribution in [-0.4, -0.2) is 5.11 Å². The van der Waals surface area contributed by atoms with Crippen LogP contribution in [0.2, 0.25) is 0 Å². The highest BCUT2D eigenvalue weighted by atomic mass is 32.1. The molecule has 2 aromatic rings. The van der Waals surface area contributed by atoms with Crippen LogP contribution in [0.1, 0.15) is 51.3 Å². The molecule has 1 aromatic carbocycles. The maximum atomic E-state index is 10.8. The van der Waals surface area contributed by atoms with E-state index in [-0.39, 0.29) is 0 Å². The van der Waals surface area contributed by atoms with Crippen molar-refractivity contribution in [2.45, 2.75) is 47.1 Å². The Morgan fingerprint density at radius 2 is 1.68 bits per heavy atom. The average Bonchev–Trinajstić information content (AvgIpc) is 2.84. The topological polar surface area (TPSA) is 20.2 Å². The van der Waals surface area contributed by atoms with Crippen molar-refractivity contribution in [1.29, 1.82) is 0 Å². The molecule has 102 valence electrons. The van der Waals surface area contributed by atoms with Crippen molar-refractivity contribution in [2.75, 3.05) is 0 Å². The summed E-state index contributed by atoms with van der Waals surface area (Å²) in [6.45, 7) is 10.6. The molecule has 2 heteroatoms. The quantitative estimate of drug-likeness (QED) is 0.865. The van der Waals surface area contributed by atoms with Gasteiger partial charge in [0.25, 0.3) is 0 Å². The van der Waals surface area contributed by atoms with Crippen LogP contribution in [0.3, 0.4) is 0 Å². The first kappa shape index (κ1) is 14.3. The lowest BCUT2D eigenvalue weighted by molar-refractivity contribution is 0.221. The Kier molecular flexibility index (Phi) is 4.12. The fourth-order valence-electron chi connectivity index (χ4n) is 2.67. The molecule has 0 aliphatic carbocycles. The van der Waals surface area contributed by atoms with Crippen molar-refractivity contribution in [3.05, 3.63) is 55.8 Å². The van der Waals surface area contributed by atoms with Gasteiger partial charge in [-0.3, -0.25) is 0 Å². The van der Waals surface area contributed by atoms with Crippen molar-refractivity contribution >= 4 is 11.3 Å². The predicted octanol–water partition coefficient (Wildman–Crippen LogP) is 4.63. The Hall–Kier alpha value is -1.12. The largest absolute Gasteiger partial charge is 0.383 e. The van der Waals surface area contributed by atoms with Gasteiger partial charge in [0.15, 0.2) is 0 Å². The highest BCUT2D eigenvalue weighted by Gasteiger charge is 2.21. The summed E-state index contributed by atoms with van der Waals surface area (Å²) < 4.78 is 0. The van der Waals surface area contributed by atoms with Crippen LogP contribution >= 0.6 is 11.3 Å². The zero-order chi connectivity index (χ0) is 14.2. The summed E-state index contributed by atoms with van der Waals surface area (Å²) in [5, 5.41) is 12.9. The SMILES string of the molecule is CCc1ccsc1C(O)c1c(C)c(C)cc(C)c1C. The second kappa shape index (κ2) is 5.48. The fourth-order valence-corrected chi connectivity index (χ4v) is 3.66.